The minimum absolute atomic E-state index is 0.0482. The Balaban J connectivity index is 3.86. The molecule has 0 rings (SSSR count). The monoisotopic (exact) mass is 1340 g/mol. The number of hydrogen-bond donors (Lipinski definition) is 2. The molecule has 0 amide bonds. The lowest BCUT2D eigenvalue weighted by molar-refractivity contribution is -0.161. The van der Waals surface area contributed by atoms with Gasteiger partial charge in [-0.1, -0.05) is 366 Å². The Labute approximate surface area is 586 Å². The molecule has 2 atom stereocenters. The van der Waals surface area contributed by atoms with Gasteiger partial charge in [0.2, 0.25) is 0 Å². The van der Waals surface area contributed by atoms with Gasteiger partial charge in [-0.05, 0) is 116 Å². The van der Waals surface area contributed by atoms with Crippen LogP contribution in [0.5, 0.6) is 0 Å². The first-order valence-corrected chi connectivity index (χ1v) is 41.2. The molecule has 0 bridgehead atoms. The highest BCUT2D eigenvalue weighted by molar-refractivity contribution is 7.47. The summed E-state index contributed by atoms with van der Waals surface area (Å²) in [5.74, 6) is -0.827. The fourth-order valence-corrected chi connectivity index (χ4v) is 12.0. The number of hydrogen-bond acceptors (Lipinski definition) is 8. The summed E-state index contributed by atoms with van der Waals surface area (Å²) in [6, 6.07) is 0. The fraction of sp³-hybridized carbons (Fsp3) is 0.718. The Bertz CT molecular complexity index is 2030. The molecule has 2 unspecified atom stereocenters. The van der Waals surface area contributed by atoms with E-state index in [0.717, 1.165) is 109 Å². The Hall–Kier alpha value is -3.85. The third kappa shape index (κ3) is 79.0. The van der Waals surface area contributed by atoms with Crippen LogP contribution < -0.4 is 5.73 Å². The van der Waals surface area contributed by atoms with Gasteiger partial charge in [0.1, 0.15) is 6.61 Å². The fourth-order valence-electron chi connectivity index (χ4n) is 11.2. The van der Waals surface area contributed by atoms with Crippen molar-refractivity contribution in [1.82, 2.24) is 0 Å². The molecule has 0 radical (unpaired) electrons. The summed E-state index contributed by atoms with van der Waals surface area (Å²) in [5, 5.41) is 0. The summed E-state index contributed by atoms with van der Waals surface area (Å²) < 4.78 is 33.3. The minimum Gasteiger partial charge on any atom is -0.462 e. The first-order valence-electron chi connectivity index (χ1n) is 39.7. The molecule has 0 aromatic carbocycles. The van der Waals surface area contributed by atoms with Gasteiger partial charge in [-0.25, -0.2) is 4.57 Å². The van der Waals surface area contributed by atoms with Crippen LogP contribution in [0.25, 0.3) is 0 Å². The van der Waals surface area contributed by atoms with Crippen molar-refractivity contribution < 1.29 is 37.6 Å². The zero-order chi connectivity index (χ0) is 68.6. The Morgan fingerprint density at radius 3 is 0.863 bits per heavy atom. The Kier molecular flexibility index (Phi) is 75.9. The Morgan fingerprint density at radius 2 is 0.579 bits per heavy atom. The lowest BCUT2D eigenvalue weighted by Crippen LogP contribution is -2.29. The van der Waals surface area contributed by atoms with Crippen LogP contribution in [0, 0.1) is 0 Å². The molecular formula is C85H148NO8P. The van der Waals surface area contributed by atoms with Crippen LogP contribution in [-0.4, -0.2) is 49.3 Å². The average Bonchev–Trinajstić information content (AvgIpc) is 2.64. The van der Waals surface area contributed by atoms with Gasteiger partial charge < -0.3 is 20.1 Å². The number of ether oxygens (including phenoxy) is 2. The highest BCUT2D eigenvalue weighted by Crippen LogP contribution is 2.43. The van der Waals surface area contributed by atoms with Crippen molar-refractivity contribution in [2.75, 3.05) is 26.4 Å². The van der Waals surface area contributed by atoms with E-state index >= 15 is 0 Å². The van der Waals surface area contributed by atoms with Crippen LogP contribution >= 0.6 is 7.82 Å². The van der Waals surface area contributed by atoms with E-state index in [-0.39, 0.29) is 38.6 Å². The van der Waals surface area contributed by atoms with E-state index in [1.54, 1.807) is 0 Å². The SMILES string of the molecule is CC/C=C\C/C=C\C/C=C\C/C=C\C/C=C\C/C=C\C/C=C\C/C=C\C/C=C\CCCCCCCCCCCC(=O)OC(COC(=O)CCCCCCCCCCCCCCCCCCCCCCCCCCC/C=C\C/C=C\CCCCCCC)COP(=O)(O)OCCN. The molecule has 0 aliphatic carbocycles. The summed E-state index contributed by atoms with van der Waals surface area (Å²) in [5.41, 5.74) is 5.41. The molecule has 0 aromatic heterocycles. The summed E-state index contributed by atoms with van der Waals surface area (Å²) in [6.45, 7) is 3.65. The first-order chi connectivity index (χ1) is 46.8. The summed E-state index contributed by atoms with van der Waals surface area (Å²) >= 11 is 0. The van der Waals surface area contributed by atoms with E-state index < -0.39 is 26.5 Å². The number of unbranched alkanes of at least 4 members (excludes halogenated alkanes) is 39. The number of esters is 2. The Morgan fingerprint density at radius 1 is 0.326 bits per heavy atom. The maximum Gasteiger partial charge on any atom is 0.472 e. The molecule has 0 fully saturated rings. The summed E-state index contributed by atoms with van der Waals surface area (Å²) in [7, 11) is -4.41. The molecule has 0 saturated heterocycles. The molecule has 9 nitrogen and oxygen atoms in total. The van der Waals surface area contributed by atoms with E-state index in [1.807, 2.05) is 0 Å². The zero-order valence-electron chi connectivity index (χ0n) is 61.6. The lowest BCUT2D eigenvalue weighted by atomic mass is 10.0. The third-order valence-electron chi connectivity index (χ3n) is 17.0. The van der Waals surface area contributed by atoms with Gasteiger partial charge >= 0.3 is 19.8 Å². The molecule has 0 heterocycles. The molecule has 0 spiro atoms. The van der Waals surface area contributed by atoms with Gasteiger partial charge in [-0.3, -0.25) is 18.6 Å². The molecule has 0 aliphatic rings. The smallest absolute Gasteiger partial charge is 0.462 e. The molecular weight excluding hydrogens is 1190 g/mol. The van der Waals surface area contributed by atoms with Gasteiger partial charge in [0.15, 0.2) is 6.10 Å². The van der Waals surface area contributed by atoms with E-state index in [0.29, 0.717) is 6.42 Å². The maximum absolute atomic E-state index is 12.8. The van der Waals surface area contributed by atoms with Crippen LogP contribution in [0.3, 0.4) is 0 Å². The third-order valence-corrected chi connectivity index (χ3v) is 18.0. The molecule has 95 heavy (non-hydrogen) atoms. The second-order valence-corrected chi connectivity index (χ2v) is 27.7. The first kappa shape index (κ1) is 91.2. The number of phosphoric acid groups is 1. The van der Waals surface area contributed by atoms with Crippen LogP contribution in [0.1, 0.15) is 361 Å². The van der Waals surface area contributed by atoms with Crippen LogP contribution in [0.4, 0.5) is 0 Å². The summed E-state index contributed by atoms with van der Waals surface area (Å²) in [4.78, 5) is 35.5. The molecule has 546 valence electrons. The highest BCUT2D eigenvalue weighted by atomic mass is 31.2. The normalized spacial score (nSPS) is 13.6. The van der Waals surface area contributed by atoms with Crippen molar-refractivity contribution in [2.24, 2.45) is 5.73 Å². The topological polar surface area (TPSA) is 134 Å². The van der Waals surface area contributed by atoms with Crippen molar-refractivity contribution in [2.45, 2.75) is 367 Å². The number of rotatable bonds is 74. The van der Waals surface area contributed by atoms with Crippen molar-refractivity contribution in [1.29, 1.82) is 0 Å². The largest absolute Gasteiger partial charge is 0.472 e. The number of nitrogens with two attached hydrogens (primary N) is 1. The van der Waals surface area contributed by atoms with Gasteiger partial charge in [0.05, 0.1) is 13.2 Å². The average molecular weight is 1340 g/mol. The molecule has 0 saturated carbocycles. The van der Waals surface area contributed by atoms with E-state index in [2.05, 4.69) is 148 Å². The number of phosphoric ester groups is 1. The predicted molar refractivity (Wildman–Crippen MR) is 413 cm³/mol. The minimum atomic E-state index is -4.41. The zero-order valence-corrected chi connectivity index (χ0v) is 62.5. The predicted octanol–water partition coefficient (Wildman–Crippen LogP) is 26.8. The van der Waals surface area contributed by atoms with E-state index in [1.165, 1.54) is 218 Å². The number of allylic oxidation sites excluding steroid dienone is 22. The van der Waals surface area contributed by atoms with Crippen molar-refractivity contribution in [3.8, 4) is 0 Å². The lowest BCUT2D eigenvalue weighted by Gasteiger charge is -2.19. The van der Waals surface area contributed by atoms with Crippen LogP contribution in [0.2, 0.25) is 0 Å². The van der Waals surface area contributed by atoms with E-state index in [4.69, 9.17) is 24.3 Å². The van der Waals surface area contributed by atoms with Gasteiger partial charge in [-0.2, -0.15) is 0 Å². The number of carbonyl (C=O) groups is 2. The van der Waals surface area contributed by atoms with Crippen LogP contribution in [-0.2, 0) is 32.7 Å². The second kappa shape index (κ2) is 79.1. The van der Waals surface area contributed by atoms with Crippen molar-refractivity contribution in [3.63, 3.8) is 0 Å². The summed E-state index contributed by atoms with van der Waals surface area (Å²) in [6.07, 6.45) is 113. The maximum atomic E-state index is 12.8. The molecule has 10 heteroatoms. The molecule has 0 aromatic rings. The van der Waals surface area contributed by atoms with Crippen LogP contribution in [0.15, 0.2) is 134 Å². The second-order valence-electron chi connectivity index (χ2n) is 26.2. The standard InChI is InChI=1S/C85H148NO8P/c1-3-5-7-9-11-13-15-17-19-21-23-25-27-29-31-33-35-37-39-41-43-45-47-49-51-53-55-57-59-61-63-65-67-69-71-73-75-77-84(87)91-81-83(82-93-95(89,90)92-80-79-86)94-85(88)78-76-74-72-70-68-66-64-62-60-58-56-54-52-50-48-46-44-42-40-38-36-34-32-30-28-26-24-22-20-18-16-14-12-10-8-6-4-2/h6,8,12,14-15,17-18,20-21,23-24,26,30,32,36,38,42,44,48,50,54,56,83H,3-5,7,9-11,13,16,19,22,25,27-29,31,33-35,37,39-41,43,45-47,49,51-53,55,57-82,86H2,1-2H3,(H,89,90)/b8-6-,14-12-,17-15-,20-18-,23-21-,26-24-,32-30-,38-36-,44-42-,50-48-,56-54-. The molecule has 3 N–H and O–H groups in total. The van der Waals surface area contributed by atoms with Gasteiger partial charge in [-0.15, -0.1) is 0 Å². The van der Waals surface area contributed by atoms with Gasteiger partial charge in [0, 0.05) is 19.4 Å². The van der Waals surface area contributed by atoms with Crippen molar-refractivity contribution >= 4 is 19.8 Å². The highest BCUT2D eigenvalue weighted by Gasteiger charge is 2.26. The number of carbonyl (C=O) groups excluding carboxylic acids is 2. The molecule has 0 aliphatic heterocycles. The van der Waals surface area contributed by atoms with Gasteiger partial charge in [0.25, 0.3) is 0 Å². The van der Waals surface area contributed by atoms with E-state index in [9.17, 15) is 19.0 Å². The quantitative estimate of drug-likeness (QED) is 0.0264. The van der Waals surface area contributed by atoms with Crippen molar-refractivity contribution in [3.05, 3.63) is 134 Å².